The average Bonchev–Trinajstić information content (AvgIpc) is 2.30. The molecule has 78 valence electrons. The summed E-state index contributed by atoms with van der Waals surface area (Å²) in [5.41, 5.74) is 2.53. The fourth-order valence-corrected chi connectivity index (χ4v) is 1.37. The van der Waals surface area contributed by atoms with Gasteiger partial charge in [-0.05, 0) is 30.7 Å². The Balaban J connectivity index is 2.31. The summed E-state index contributed by atoms with van der Waals surface area (Å²) in [6.45, 7) is 2.01. The van der Waals surface area contributed by atoms with Gasteiger partial charge in [-0.3, -0.25) is 0 Å². The first-order valence-corrected chi connectivity index (χ1v) is 4.85. The molecule has 4 nitrogen and oxygen atoms in total. The van der Waals surface area contributed by atoms with Gasteiger partial charge in [-0.25, -0.2) is 0 Å². The lowest BCUT2D eigenvalue weighted by molar-refractivity contribution is 1.03. The highest BCUT2D eigenvalue weighted by molar-refractivity contribution is 5.62. The van der Waals surface area contributed by atoms with Crippen LogP contribution in [0.1, 0.15) is 11.1 Å². The molecule has 0 amide bonds. The molecule has 0 saturated heterocycles. The van der Waals surface area contributed by atoms with Gasteiger partial charge in [0.05, 0.1) is 11.8 Å². The topological polar surface area (TPSA) is 61.6 Å². The summed E-state index contributed by atoms with van der Waals surface area (Å²) in [5.74, 6) is 0.482. The molecular formula is C12H10N4. The van der Waals surface area contributed by atoms with Crippen molar-refractivity contribution in [3.63, 3.8) is 0 Å². The third-order valence-corrected chi connectivity index (χ3v) is 2.12. The summed E-state index contributed by atoms with van der Waals surface area (Å²) in [6.07, 6.45) is 1.50. The van der Waals surface area contributed by atoms with E-state index in [1.165, 1.54) is 6.20 Å². The third kappa shape index (κ3) is 2.15. The summed E-state index contributed by atoms with van der Waals surface area (Å²) in [6, 6.07) is 11.5. The number of aryl methyl sites for hydroxylation is 1. The van der Waals surface area contributed by atoms with Gasteiger partial charge in [0.15, 0.2) is 5.82 Å². The van der Waals surface area contributed by atoms with Gasteiger partial charge in [0.1, 0.15) is 6.07 Å². The molecule has 0 radical (unpaired) electrons. The lowest BCUT2D eigenvalue weighted by Gasteiger charge is -2.06. The minimum absolute atomic E-state index is 0.482. The van der Waals surface area contributed by atoms with Gasteiger partial charge in [-0.15, -0.1) is 5.10 Å². The zero-order valence-electron chi connectivity index (χ0n) is 8.81. The maximum atomic E-state index is 8.89. The van der Waals surface area contributed by atoms with E-state index < -0.39 is 0 Å². The number of nitriles is 1. The van der Waals surface area contributed by atoms with Crippen molar-refractivity contribution < 1.29 is 0 Å². The summed E-state index contributed by atoms with van der Waals surface area (Å²) in [4.78, 5) is 0. The van der Waals surface area contributed by atoms with Crippen LogP contribution < -0.4 is 5.32 Å². The van der Waals surface area contributed by atoms with Crippen molar-refractivity contribution in [3.8, 4) is 6.07 Å². The van der Waals surface area contributed by atoms with Crippen molar-refractivity contribution in [3.05, 3.63) is 47.7 Å². The zero-order valence-corrected chi connectivity index (χ0v) is 8.81. The van der Waals surface area contributed by atoms with Crippen LogP contribution >= 0.6 is 0 Å². The summed E-state index contributed by atoms with van der Waals surface area (Å²) >= 11 is 0. The molecule has 0 aliphatic heterocycles. The number of nitrogens with one attached hydrogen (secondary N) is 1. The van der Waals surface area contributed by atoms with Crippen LogP contribution in [-0.2, 0) is 0 Å². The number of anilines is 2. The smallest absolute Gasteiger partial charge is 0.171 e. The highest BCUT2D eigenvalue weighted by Crippen LogP contribution is 2.17. The number of hydrogen-bond acceptors (Lipinski definition) is 4. The molecule has 0 aliphatic rings. The standard InChI is InChI=1S/C12H10N4/c1-9-3-2-4-11(7-9)15-12-10(8-13)5-6-14-16-12/h2-7H,1H3,(H,15,16). The van der Waals surface area contributed by atoms with E-state index in [1.54, 1.807) is 6.07 Å². The van der Waals surface area contributed by atoms with E-state index in [2.05, 4.69) is 21.6 Å². The largest absolute Gasteiger partial charge is 0.338 e. The fraction of sp³-hybridized carbons (Fsp3) is 0.0833. The number of aromatic nitrogens is 2. The molecule has 4 heteroatoms. The summed E-state index contributed by atoms with van der Waals surface area (Å²) in [7, 11) is 0. The molecule has 16 heavy (non-hydrogen) atoms. The van der Waals surface area contributed by atoms with E-state index >= 15 is 0 Å². The first-order chi connectivity index (χ1) is 7.79. The van der Waals surface area contributed by atoms with Gasteiger partial charge in [-0.1, -0.05) is 12.1 Å². The Morgan fingerprint density at radius 2 is 2.19 bits per heavy atom. The molecule has 1 N–H and O–H groups in total. The van der Waals surface area contributed by atoms with Gasteiger partial charge < -0.3 is 5.32 Å². The van der Waals surface area contributed by atoms with Crippen LogP contribution in [0.4, 0.5) is 11.5 Å². The van der Waals surface area contributed by atoms with Crippen molar-refractivity contribution >= 4 is 11.5 Å². The average molecular weight is 210 g/mol. The molecule has 1 aromatic carbocycles. The van der Waals surface area contributed by atoms with Gasteiger partial charge in [0, 0.05) is 5.69 Å². The van der Waals surface area contributed by atoms with Gasteiger partial charge in [0.25, 0.3) is 0 Å². The lowest BCUT2D eigenvalue weighted by Crippen LogP contribution is -1.98. The SMILES string of the molecule is Cc1cccc(Nc2nnccc2C#N)c1. The number of hydrogen-bond donors (Lipinski definition) is 1. The maximum Gasteiger partial charge on any atom is 0.171 e. The van der Waals surface area contributed by atoms with Crippen molar-refractivity contribution in [2.24, 2.45) is 0 Å². The van der Waals surface area contributed by atoms with Crippen molar-refractivity contribution in [1.82, 2.24) is 10.2 Å². The summed E-state index contributed by atoms with van der Waals surface area (Å²) < 4.78 is 0. The van der Waals surface area contributed by atoms with E-state index in [-0.39, 0.29) is 0 Å². The normalized spacial score (nSPS) is 9.50. The maximum absolute atomic E-state index is 8.89. The van der Waals surface area contributed by atoms with Crippen molar-refractivity contribution in [2.45, 2.75) is 6.92 Å². The van der Waals surface area contributed by atoms with Crippen LogP contribution in [0.3, 0.4) is 0 Å². The molecule has 0 saturated carbocycles. The third-order valence-electron chi connectivity index (χ3n) is 2.12. The molecular weight excluding hydrogens is 200 g/mol. The van der Waals surface area contributed by atoms with E-state index in [0.717, 1.165) is 11.3 Å². The Labute approximate surface area is 93.6 Å². The Kier molecular flexibility index (Phi) is 2.79. The second-order valence-corrected chi connectivity index (χ2v) is 3.40. The minimum Gasteiger partial charge on any atom is -0.338 e. The van der Waals surface area contributed by atoms with E-state index in [0.29, 0.717) is 11.4 Å². The molecule has 2 rings (SSSR count). The van der Waals surface area contributed by atoms with Crippen LogP contribution in [0.15, 0.2) is 36.5 Å². The predicted molar refractivity (Wildman–Crippen MR) is 61.2 cm³/mol. The number of benzene rings is 1. The molecule has 0 aliphatic carbocycles. The molecule has 0 spiro atoms. The summed E-state index contributed by atoms with van der Waals surface area (Å²) in [5, 5.41) is 19.6. The zero-order chi connectivity index (χ0) is 11.4. The Morgan fingerprint density at radius 3 is 2.94 bits per heavy atom. The van der Waals surface area contributed by atoms with Crippen LogP contribution in [0, 0.1) is 18.3 Å². The van der Waals surface area contributed by atoms with Crippen LogP contribution in [0.25, 0.3) is 0 Å². The molecule has 0 bridgehead atoms. The van der Waals surface area contributed by atoms with Crippen LogP contribution in [-0.4, -0.2) is 10.2 Å². The Morgan fingerprint density at radius 1 is 1.31 bits per heavy atom. The molecule has 1 aromatic heterocycles. The van der Waals surface area contributed by atoms with Gasteiger partial charge in [-0.2, -0.15) is 10.4 Å². The van der Waals surface area contributed by atoms with E-state index in [1.807, 2.05) is 31.2 Å². The second kappa shape index (κ2) is 4.41. The van der Waals surface area contributed by atoms with Crippen molar-refractivity contribution in [1.29, 1.82) is 5.26 Å². The Bertz CT molecular complexity index is 543. The lowest BCUT2D eigenvalue weighted by atomic mass is 10.2. The quantitative estimate of drug-likeness (QED) is 0.826. The molecule has 0 unspecified atom stereocenters. The van der Waals surface area contributed by atoms with Crippen LogP contribution in [0.2, 0.25) is 0 Å². The minimum atomic E-state index is 0.482. The first kappa shape index (κ1) is 10.1. The number of nitrogens with zero attached hydrogens (tertiary/aromatic N) is 3. The monoisotopic (exact) mass is 210 g/mol. The first-order valence-electron chi connectivity index (χ1n) is 4.85. The molecule has 1 heterocycles. The second-order valence-electron chi connectivity index (χ2n) is 3.40. The van der Waals surface area contributed by atoms with E-state index in [9.17, 15) is 0 Å². The van der Waals surface area contributed by atoms with Crippen molar-refractivity contribution in [2.75, 3.05) is 5.32 Å². The van der Waals surface area contributed by atoms with Gasteiger partial charge in [0.2, 0.25) is 0 Å². The molecule has 0 fully saturated rings. The highest BCUT2D eigenvalue weighted by Gasteiger charge is 2.03. The van der Waals surface area contributed by atoms with Gasteiger partial charge >= 0.3 is 0 Å². The molecule has 0 atom stereocenters. The predicted octanol–water partition coefficient (Wildman–Crippen LogP) is 2.40. The fourth-order valence-electron chi connectivity index (χ4n) is 1.37. The molecule has 2 aromatic rings. The highest BCUT2D eigenvalue weighted by atomic mass is 15.2. The van der Waals surface area contributed by atoms with Crippen LogP contribution in [0.5, 0.6) is 0 Å². The van der Waals surface area contributed by atoms with E-state index in [4.69, 9.17) is 5.26 Å². The Hall–Kier alpha value is -2.41. The number of rotatable bonds is 2.